The molecule has 0 spiro atoms. The SMILES string of the molecule is [C-]#[N+]c1ccc(-c2cc3n(c2)Cc2cc(N4C(=O)O[C@H](CN(C)C)[C@@H]4C)ccc2-n2ccnc2-3)cc1. The number of nitrogens with zero attached hydrogens (tertiary/aromatic N) is 6. The molecule has 0 N–H and O–H groups in total. The first-order valence-corrected chi connectivity index (χ1v) is 11.9. The Morgan fingerprint density at radius 1 is 1.14 bits per heavy atom. The highest BCUT2D eigenvalue weighted by Gasteiger charge is 2.40. The molecule has 8 heteroatoms. The molecule has 2 aromatic heterocycles. The second-order valence-corrected chi connectivity index (χ2v) is 9.63. The lowest BCUT2D eigenvalue weighted by Gasteiger charge is -2.23. The van der Waals surface area contributed by atoms with E-state index >= 15 is 0 Å². The number of hydrogen-bond acceptors (Lipinski definition) is 4. The van der Waals surface area contributed by atoms with E-state index in [1.807, 2.05) is 68.6 Å². The number of rotatable bonds is 4. The van der Waals surface area contributed by atoms with Crippen LogP contribution in [0.15, 0.2) is 67.1 Å². The van der Waals surface area contributed by atoms with Crippen LogP contribution in [0.25, 0.3) is 33.2 Å². The van der Waals surface area contributed by atoms with Gasteiger partial charge in [0.2, 0.25) is 0 Å². The fraction of sp³-hybridized carbons (Fsp3) is 0.250. The molecule has 2 atom stereocenters. The molecule has 2 aliphatic rings. The van der Waals surface area contributed by atoms with Crippen LogP contribution in [-0.2, 0) is 11.3 Å². The standard InChI is InChI=1S/C28H26N6O2/c1-18-26(17-31(3)4)36-28(35)34(18)23-9-10-24-21(13-23)16-32-15-20(19-5-7-22(29-2)8-6-19)14-25(32)27-30-11-12-33(24)27/h5-15,18,26H,16-17H2,1,3-4H3/t18-,26+/m0/s1. The lowest BCUT2D eigenvalue weighted by Crippen LogP contribution is -2.38. The molecule has 180 valence electrons. The van der Waals surface area contributed by atoms with Crippen molar-refractivity contribution in [2.45, 2.75) is 25.6 Å². The average molecular weight is 479 g/mol. The summed E-state index contributed by atoms with van der Waals surface area (Å²) in [5, 5.41) is 0. The summed E-state index contributed by atoms with van der Waals surface area (Å²) in [4.78, 5) is 24.8. The highest BCUT2D eigenvalue weighted by atomic mass is 16.6. The summed E-state index contributed by atoms with van der Waals surface area (Å²) in [7, 11) is 3.97. The Labute approximate surface area is 209 Å². The van der Waals surface area contributed by atoms with Crippen molar-refractivity contribution in [3.63, 3.8) is 0 Å². The number of fused-ring (bicyclic) bond motifs is 5. The van der Waals surface area contributed by atoms with Crippen LogP contribution in [0.3, 0.4) is 0 Å². The van der Waals surface area contributed by atoms with Crippen LogP contribution in [-0.4, -0.2) is 57.9 Å². The summed E-state index contributed by atoms with van der Waals surface area (Å²) in [6, 6.07) is 15.9. The number of carbonyl (C=O) groups excluding carboxylic acids is 1. The summed E-state index contributed by atoms with van der Waals surface area (Å²) in [5.74, 6) is 0.866. The lowest BCUT2D eigenvalue weighted by molar-refractivity contribution is 0.113. The van der Waals surface area contributed by atoms with Gasteiger partial charge in [-0.15, -0.1) is 0 Å². The van der Waals surface area contributed by atoms with E-state index in [9.17, 15) is 4.79 Å². The van der Waals surface area contributed by atoms with Crippen LogP contribution < -0.4 is 4.90 Å². The van der Waals surface area contributed by atoms with E-state index in [2.05, 4.69) is 43.4 Å². The minimum absolute atomic E-state index is 0.0697. The number of anilines is 1. The Kier molecular flexibility index (Phi) is 5.16. The van der Waals surface area contributed by atoms with Crippen molar-refractivity contribution in [3.8, 4) is 28.3 Å². The number of ether oxygens (including phenoxy) is 1. The molecule has 0 unspecified atom stereocenters. The first kappa shape index (κ1) is 22.1. The Bertz CT molecular complexity index is 1510. The van der Waals surface area contributed by atoms with Gasteiger partial charge in [0.15, 0.2) is 11.5 Å². The molecular formula is C28H26N6O2. The van der Waals surface area contributed by atoms with Gasteiger partial charge < -0.3 is 14.2 Å². The molecule has 1 fully saturated rings. The fourth-order valence-electron chi connectivity index (χ4n) is 5.18. The fourth-order valence-corrected chi connectivity index (χ4v) is 5.18. The molecule has 0 radical (unpaired) electrons. The molecule has 0 saturated carbocycles. The molecular weight excluding hydrogens is 452 g/mol. The first-order chi connectivity index (χ1) is 17.4. The monoisotopic (exact) mass is 478 g/mol. The van der Waals surface area contributed by atoms with E-state index in [4.69, 9.17) is 11.3 Å². The molecule has 6 rings (SSSR count). The van der Waals surface area contributed by atoms with Crippen molar-refractivity contribution in [2.75, 3.05) is 25.5 Å². The normalized spacial score (nSPS) is 18.3. The second kappa shape index (κ2) is 8.40. The van der Waals surface area contributed by atoms with Crippen LogP contribution in [0.5, 0.6) is 0 Å². The van der Waals surface area contributed by atoms with Gasteiger partial charge in [-0.05, 0) is 56.4 Å². The third kappa shape index (κ3) is 3.56. The lowest BCUT2D eigenvalue weighted by atomic mass is 10.1. The van der Waals surface area contributed by atoms with Crippen molar-refractivity contribution >= 4 is 17.5 Å². The predicted octanol–water partition coefficient (Wildman–Crippen LogP) is 5.20. The number of amides is 1. The molecule has 2 aliphatic heterocycles. The summed E-state index contributed by atoms with van der Waals surface area (Å²) < 4.78 is 10.00. The van der Waals surface area contributed by atoms with Crippen molar-refractivity contribution < 1.29 is 9.53 Å². The maximum absolute atomic E-state index is 12.8. The zero-order valence-corrected chi connectivity index (χ0v) is 20.4. The van der Waals surface area contributed by atoms with Crippen LogP contribution in [0.1, 0.15) is 12.5 Å². The molecule has 0 bridgehead atoms. The number of aromatic nitrogens is 3. The second-order valence-electron chi connectivity index (χ2n) is 9.63. The Morgan fingerprint density at radius 2 is 1.94 bits per heavy atom. The van der Waals surface area contributed by atoms with E-state index < -0.39 is 0 Å². The van der Waals surface area contributed by atoms with Gasteiger partial charge in [-0.1, -0.05) is 24.3 Å². The summed E-state index contributed by atoms with van der Waals surface area (Å²) >= 11 is 0. The van der Waals surface area contributed by atoms with Crippen LogP contribution in [0.2, 0.25) is 0 Å². The topological polar surface area (TPSA) is 59.9 Å². The van der Waals surface area contributed by atoms with E-state index in [1.54, 1.807) is 4.90 Å². The zero-order chi connectivity index (χ0) is 25.0. The minimum atomic E-state index is -0.307. The van der Waals surface area contributed by atoms with Crippen molar-refractivity contribution in [1.29, 1.82) is 0 Å². The van der Waals surface area contributed by atoms with Gasteiger partial charge in [-0.3, -0.25) is 9.47 Å². The van der Waals surface area contributed by atoms with Gasteiger partial charge in [-0.2, -0.15) is 0 Å². The van der Waals surface area contributed by atoms with E-state index in [-0.39, 0.29) is 18.2 Å². The Morgan fingerprint density at radius 3 is 2.69 bits per heavy atom. The Hall–Kier alpha value is -4.35. The summed E-state index contributed by atoms with van der Waals surface area (Å²) in [5.41, 5.74) is 6.73. The quantitative estimate of drug-likeness (QED) is 0.333. The third-order valence-corrected chi connectivity index (χ3v) is 6.98. The first-order valence-electron chi connectivity index (χ1n) is 11.9. The zero-order valence-electron chi connectivity index (χ0n) is 20.4. The van der Waals surface area contributed by atoms with E-state index in [0.29, 0.717) is 18.8 Å². The largest absolute Gasteiger partial charge is 0.442 e. The number of carbonyl (C=O) groups is 1. The molecule has 1 saturated heterocycles. The maximum atomic E-state index is 12.8. The Balaban J connectivity index is 1.40. The van der Waals surface area contributed by atoms with Crippen molar-refractivity contribution in [3.05, 3.63) is 84.1 Å². The average Bonchev–Trinajstić information content (AvgIpc) is 3.55. The molecule has 4 aromatic rings. The van der Waals surface area contributed by atoms with Gasteiger partial charge >= 0.3 is 6.09 Å². The van der Waals surface area contributed by atoms with Gasteiger partial charge in [0.25, 0.3) is 0 Å². The molecule has 0 aliphatic carbocycles. The number of hydrogen-bond donors (Lipinski definition) is 0. The van der Waals surface area contributed by atoms with Gasteiger partial charge in [0.1, 0.15) is 6.10 Å². The summed E-state index contributed by atoms with van der Waals surface area (Å²) in [6.07, 6.45) is 5.42. The molecule has 8 nitrogen and oxygen atoms in total. The number of cyclic esters (lactones) is 1. The minimum Gasteiger partial charge on any atom is -0.442 e. The van der Waals surface area contributed by atoms with Crippen LogP contribution >= 0.6 is 0 Å². The number of likely N-dealkylation sites (N-methyl/N-ethyl adjacent to an activating group) is 1. The highest BCUT2D eigenvalue weighted by Crippen LogP contribution is 2.37. The number of benzene rings is 2. The van der Waals surface area contributed by atoms with Crippen LogP contribution in [0.4, 0.5) is 16.2 Å². The van der Waals surface area contributed by atoms with E-state index in [1.165, 1.54) is 0 Å². The van der Waals surface area contributed by atoms with Crippen molar-refractivity contribution in [1.82, 2.24) is 19.0 Å². The van der Waals surface area contributed by atoms with Gasteiger partial charge in [0, 0.05) is 42.9 Å². The smallest absolute Gasteiger partial charge is 0.415 e. The molecule has 2 aromatic carbocycles. The van der Waals surface area contributed by atoms with Crippen molar-refractivity contribution in [2.24, 2.45) is 0 Å². The molecule has 4 heterocycles. The third-order valence-electron chi connectivity index (χ3n) is 6.98. The summed E-state index contributed by atoms with van der Waals surface area (Å²) in [6.45, 7) is 10.6. The van der Waals surface area contributed by atoms with Gasteiger partial charge in [-0.25, -0.2) is 14.6 Å². The maximum Gasteiger partial charge on any atom is 0.415 e. The van der Waals surface area contributed by atoms with Crippen LogP contribution in [0, 0.1) is 6.57 Å². The predicted molar refractivity (Wildman–Crippen MR) is 139 cm³/mol. The van der Waals surface area contributed by atoms with E-state index in [0.717, 1.165) is 39.6 Å². The number of imidazole rings is 1. The highest BCUT2D eigenvalue weighted by molar-refractivity contribution is 5.91. The molecule has 1 amide bonds. The van der Waals surface area contributed by atoms with Gasteiger partial charge in [0.05, 0.1) is 24.0 Å². The molecule has 36 heavy (non-hydrogen) atoms.